The highest BCUT2D eigenvalue weighted by Crippen LogP contribution is 1.94. The largest absolute Gasteiger partial charge is 0.332 e. The van der Waals surface area contributed by atoms with E-state index in [-0.39, 0.29) is 6.54 Å². The molecule has 0 bridgehead atoms. The summed E-state index contributed by atoms with van der Waals surface area (Å²) in [5, 5.41) is 3.84. The zero-order valence-corrected chi connectivity index (χ0v) is 10.3. The van der Waals surface area contributed by atoms with Crippen molar-refractivity contribution in [2.45, 2.75) is 25.8 Å². The van der Waals surface area contributed by atoms with Crippen molar-refractivity contribution in [3.63, 3.8) is 0 Å². The molecule has 3 amide bonds. The lowest BCUT2D eigenvalue weighted by Gasteiger charge is -2.07. The number of rotatable bonds is 3. The molecule has 1 rings (SSSR count). The first-order chi connectivity index (χ1) is 7.99. The van der Waals surface area contributed by atoms with Crippen molar-refractivity contribution in [3.05, 3.63) is 23.8 Å². The molecule has 7 heteroatoms. The zero-order valence-electron chi connectivity index (χ0n) is 9.53. The molecule has 0 aliphatic rings. The first kappa shape index (κ1) is 13.4. The van der Waals surface area contributed by atoms with Gasteiger partial charge in [-0.25, -0.2) is 14.8 Å². The molecule has 1 heterocycles. The van der Waals surface area contributed by atoms with Crippen LogP contribution in [0, 0.1) is 6.92 Å². The van der Waals surface area contributed by atoms with Crippen LogP contribution in [0.25, 0.3) is 0 Å². The molecular formula is C10H13ClN4O2. The number of carbonyl (C=O) groups excluding carboxylic acids is 2. The minimum atomic E-state index is -0.748. The maximum Gasteiger partial charge on any atom is 0.321 e. The Morgan fingerprint density at radius 3 is 2.82 bits per heavy atom. The number of urea groups is 1. The molecule has 2 N–H and O–H groups in total. The highest BCUT2D eigenvalue weighted by Gasteiger charge is 2.12. The molecule has 0 saturated heterocycles. The van der Waals surface area contributed by atoms with Gasteiger partial charge in [-0.2, -0.15) is 0 Å². The van der Waals surface area contributed by atoms with Crippen molar-refractivity contribution >= 4 is 23.5 Å². The lowest BCUT2D eigenvalue weighted by atomic mass is 10.4. The van der Waals surface area contributed by atoms with Gasteiger partial charge in [0.05, 0.1) is 12.2 Å². The predicted molar refractivity (Wildman–Crippen MR) is 62.5 cm³/mol. The third-order valence-electron chi connectivity index (χ3n) is 1.86. The Morgan fingerprint density at radius 2 is 2.24 bits per heavy atom. The van der Waals surface area contributed by atoms with E-state index in [1.165, 1.54) is 6.92 Å². The molecule has 0 fully saturated rings. The second-order valence-electron chi connectivity index (χ2n) is 3.38. The second kappa shape index (κ2) is 6.15. The third kappa shape index (κ3) is 4.78. The van der Waals surface area contributed by atoms with Gasteiger partial charge in [0.15, 0.2) is 0 Å². The summed E-state index contributed by atoms with van der Waals surface area (Å²) in [7, 11) is 0. The summed E-state index contributed by atoms with van der Waals surface area (Å²) in [6.07, 6.45) is 1.60. The number of hydrogen-bond donors (Lipinski definition) is 2. The fraction of sp³-hybridized carbons (Fsp3) is 0.400. The monoisotopic (exact) mass is 256 g/mol. The molecule has 1 unspecified atom stereocenters. The highest BCUT2D eigenvalue weighted by molar-refractivity contribution is 6.31. The number of halogens is 1. The van der Waals surface area contributed by atoms with Crippen LogP contribution >= 0.6 is 11.6 Å². The molecule has 1 atom stereocenters. The molecule has 0 spiro atoms. The topological polar surface area (TPSA) is 84.0 Å². The van der Waals surface area contributed by atoms with Crippen LogP contribution in [0.15, 0.2) is 12.3 Å². The van der Waals surface area contributed by atoms with Crippen LogP contribution in [0.2, 0.25) is 0 Å². The molecule has 6 nitrogen and oxygen atoms in total. The van der Waals surface area contributed by atoms with Gasteiger partial charge in [0.25, 0.3) is 0 Å². The van der Waals surface area contributed by atoms with E-state index in [0.717, 1.165) is 0 Å². The number of nitrogens with zero attached hydrogens (tertiary/aromatic N) is 2. The van der Waals surface area contributed by atoms with Gasteiger partial charge in [-0.15, -0.1) is 11.6 Å². The van der Waals surface area contributed by atoms with Crippen LogP contribution in [0.1, 0.15) is 18.4 Å². The zero-order chi connectivity index (χ0) is 12.8. The summed E-state index contributed by atoms with van der Waals surface area (Å²) in [6.45, 7) is 3.46. The van der Waals surface area contributed by atoms with Gasteiger partial charge >= 0.3 is 6.03 Å². The van der Waals surface area contributed by atoms with Gasteiger partial charge in [-0.3, -0.25) is 10.1 Å². The molecule has 0 saturated carbocycles. The number of amides is 3. The van der Waals surface area contributed by atoms with Crippen molar-refractivity contribution in [2.24, 2.45) is 0 Å². The highest BCUT2D eigenvalue weighted by atomic mass is 35.5. The van der Waals surface area contributed by atoms with E-state index in [0.29, 0.717) is 11.5 Å². The standard InChI is InChI=1S/C10H13ClN4O2/c1-6(11)9(16)15-10(17)13-5-8-3-4-12-7(2)14-8/h3-4,6H,5H2,1-2H3,(H2,13,15,16,17). The number of carbonyl (C=O) groups is 2. The van der Waals surface area contributed by atoms with E-state index >= 15 is 0 Å². The van der Waals surface area contributed by atoms with E-state index in [2.05, 4.69) is 20.6 Å². The Balaban J connectivity index is 2.41. The summed E-state index contributed by atoms with van der Waals surface area (Å²) in [4.78, 5) is 30.4. The molecule has 0 aliphatic carbocycles. The average Bonchev–Trinajstić information content (AvgIpc) is 2.26. The van der Waals surface area contributed by atoms with Crippen LogP contribution in [0.4, 0.5) is 4.79 Å². The van der Waals surface area contributed by atoms with Gasteiger partial charge in [-0.1, -0.05) is 0 Å². The maximum absolute atomic E-state index is 11.3. The molecule has 17 heavy (non-hydrogen) atoms. The number of hydrogen-bond acceptors (Lipinski definition) is 4. The van der Waals surface area contributed by atoms with Crippen LogP contribution in [-0.2, 0) is 11.3 Å². The minimum Gasteiger partial charge on any atom is -0.332 e. The van der Waals surface area contributed by atoms with Crippen molar-refractivity contribution < 1.29 is 9.59 Å². The molecule has 1 aromatic rings. The molecule has 92 valence electrons. The molecule has 0 aliphatic heterocycles. The Hall–Kier alpha value is -1.69. The van der Waals surface area contributed by atoms with Gasteiger partial charge in [0, 0.05) is 6.20 Å². The fourth-order valence-electron chi connectivity index (χ4n) is 1.03. The molecular weight excluding hydrogens is 244 g/mol. The maximum atomic E-state index is 11.3. The van der Waals surface area contributed by atoms with E-state index in [9.17, 15) is 9.59 Å². The Morgan fingerprint density at radius 1 is 1.53 bits per heavy atom. The lowest BCUT2D eigenvalue weighted by molar-refractivity contribution is -0.119. The van der Waals surface area contributed by atoms with Crippen LogP contribution in [0.3, 0.4) is 0 Å². The SMILES string of the molecule is Cc1nccc(CNC(=O)NC(=O)C(C)Cl)n1. The number of aryl methyl sites for hydroxylation is 1. The van der Waals surface area contributed by atoms with Gasteiger partial charge in [0.2, 0.25) is 5.91 Å². The Labute approximate surface area is 104 Å². The van der Waals surface area contributed by atoms with Crippen molar-refractivity contribution in [3.8, 4) is 0 Å². The summed E-state index contributed by atoms with van der Waals surface area (Å²) in [5.74, 6) is 0.0817. The molecule has 0 aromatic carbocycles. The molecule has 1 aromatic heterocycles. The van der Waals surface area contributed by atoms with E-state index < -0.39 is 17.3 Å². The first-order valence-electron chi connectivity index (χ1n) is 5.00. The summed E-state index contributed by atoms with van der Waals surface area (Å²) in [6, 6.07) is 1.08. The predicted octanol–water partition coefficient (Wildman–Crippen LogP) is 0.738. The van der Waals surface area contributed by atoms with E-state index in [1.54, 1.807) is 19.2 Å². The first-order valence-corrected chi connectivity index (χ1v) is 5.44. The molecule has 0 radical (unpaired) electrons. The average molecular weight is 257 g/mol. The van der Waals surface area contributed by atoms with Crippen molar-refractivity contribution in [1.82, 2.24) is 20.6 Å². The van der Waals surface area contributed by atoms with Gasteiger partial charge < -0.3 is 5.32 Å². The number of aromatic nitrogens is 2. The van der Waals surface area contributed by atoms with E-state index in [4.69, 9.17) is 11.6 Å². The summed E-state index contributed by atoms with van der Waals surface area (Å²) < 4.78 is 0. The van der Waals surface area contributed by atoms with E-state index in [1.807, 2.05) is 0 Å². The van der Waals surface area contributed by atoms with Gasteiger partial charge in [0.1, 0.15) is 11.2 Å². The number of nitrogens with one attached hydrogen (secondary N) is 2. The van der Waals surface area contributed by atoms with Crippen molar-refractivity contribution in [2.75, 3.05) is 0 Å². The summed E-state index contributed by atoms with van der Waals surface area (Å²) in [5.41, 5.74) is 0.666. The Bertz CT molecular complexity index is 423. The third-order valence-corrected chi connectivity index (χ3v) is 2.06. The Kier molecular flexibility index (Phi) is 4.84. The van der Waals surface area contributed by atoms with Gasteiger partial charge in [-0.05, 0) is 19.9 Å². The normalized spacial score (nSPS) is 11.7. The second-order valence-corrected chi connectivity index (χ2v) is 4.04. The summed E-state index contributed by atoms with van der Waals surface area (Å²) >= 11 is 5.50. The number of alkyl halides is 1. The fourth-order valence-corrected chi connectivity index (χ4v) is 1.08. The van der Waals surface area contributed by atoms with Crippen molar-refractivity contribution in [1.29, 1.82) is 0 Å². The smallest absolute Gasteiger partial charge is 0.321 e. The van der Waals surface area contributed by atoms with Crippen LogP contribution < -0.4 is 10.6 Å². The van der Waals surface area contributed by atoms with Crippen LogP contribution in [-0.4, -0.2) is 27.3 Å². The minimum absolute atomic E-state index is 0.221. The van der Waals surface area contributed by atoms with Crippen LogP contribution in [0.5, 0.6) is 0 Å². The lowest BCUT2D eigenvalue weighted by Crippen LogP contribution is -2.42. The number of imide groups is 1. The quantitative estimate of drug-likeness (QED) is 0.782.